The summed E-state index contributed by atoms with van der Waals surface area (Å²) in [7, 11) is 0. The standard InChI is InChI=1S/C12H10N2O3/c15-7-1-2-8(16)11-10(7)9(17)5-6-12(11)14-4-3-13-6/h1-2,5,13,15-16H,3-4H2. The fraction of sp³-hybridized carbons (Fsp3) is 0.167. The van der Waals surface area contributed by atoms with E-state index in [9.17, 15) is 15.0 Å². The fourth-order valence-corrected chi connectivity index (χ4v) is 2.13. The van der Waals surface area contributed by atoms with E-state index < -0.39 is 0 Å². The van der Waals surface area contributed by atoms with E-state index in [0.717, 1.165) is 0 Å². The third kappa shape index (κ3) is 1.32. The van der Waals surface area contributed by atoms with Crippen LogP contribution in [-0.2, 0) is 0 Å². The first-order valence-electron chi connectivity index (χ1n) is 5.28. The van der Waals surface area contributed by atoms with Gasteiger partial charge in [0.05, 0.1) is 29.1 Å². The normalized spacial score (nSPS) is 17.5. The molecule has 0 saturated carbocycles. The van der Waals surface area contributed by atoms with Crippen molar-refractivity contribution >= 4 is 11.5 Å². The highest BCUT2D eigenvalue weighted by molar-refractivity contribution is 6.28. The number of nitrogens with one attached hydrogen (secondary N) is 1. The Labute approximate surface area is 97.1 Å². The van der Waals surface area contributed by atoms with Crippen LogP contribution in [0.5, 0.6) is 11.5 Å². The van der Waals surface area contributed by atoms with Crippen LogP contribution in [0.3, 0.4) is 0 Å². The highest BCUT2D eigenvalue weighted by Gasteiger charge is 2.30. The molecule has 0 aromatic heterocycles. The molecule has 0 fully saturated rings. The molecule has 1 aromatic carbocycles. The zero-order valence-electron chi connectivity index (χ0n) is 8.90. The lowest BCUT2D eigenvalue weighted by Gasteiger charge is -2.24. The molecule has 3 rings (SSSR count). The Balaban J connectivity index is 2.34. The first kappa shape index (κ1) is 9.89. The van der Waals surface area contributed by atoms with E-state index in [1.165, 1.54) is 18.2 Å². The Morgan fingerprint density at radius 3 is 2.65 bits per heavy atom. The van der Waals surface area contributed by atoms with Gasteiger partial charge in [-0.05, 0) is 12.1 Å². The second-order valence-corrected chi connectivity index (χ2v) is 3.93. The molecule has 3 N–H and O–H groups in total. The summed E-state index contributed by atoms with van der Waals surface area (Å²) in [5.41, 5.74) is 1.59. The number of fused-ring (bicyclic) bond motifs is 3. The van der Waals surface area contributed by atoms with Crippen molar-refractivity contribution in [2.24, 2.45) is 4.99 Å². The highest BCUT2D eigenvalue weighted by Crippen LogP contribution is 2.34. The maximum absolute atomic E-state index is 11.9. The highest BCUT2D eigenvalue weighted by atomic mass is 16.3. The summed E-state index contributed by atoms with van der Waals surface area (Å²) in [6.07, 6.45) is 1.40. The van der Waals surface area contributed by atoms with Gasteiger partial charge in [0.15, 0.2) is 5.78 Å². The minimum Gasteiger partial charge on any atom is -0.507 e. The molecule has 0 unspecified atom stereocenters. The van der Waals surface area contributed by atoms with Crippen LogP contribution in [0.15, 0.2) is 28.9 Å². The maximum Gasteiger partial charge on any atom is 0.192 e. The van der Waals surface area contributed by atoms with Gasteiger partial charge < -0.3 is 15.5 Å². The number of phenolic OH excluding ortho intramolecular Hbond substituents is 2. The van der Waals surface area contributed by atoms with Gasteiger partial charge in [-0.2, -0.15) is 0 Å². The average molecular weight is 230 g/mol. The average Bonchev–Trinajstić information content (AvgIpc) is 2.33. The lowest BCUT2D eigenvalue weighted by atomic mass is 9.89. The molecule has 5 nitrogen and oxygen atoms in total. The Morgan fingerprint density at radius 1 is 1.18 bits per heavy atom. The molecule has 1 aliphatic carbocycles. The Bertz CT molecular complexity index is 588. The summed E-state index contributed by atoms with van der Waals surface area (Å²) < 4.78 is 0. The Kier molecular flexibility index (Phi) is 1.95. The minimum atomic E-state index is -0.322. The number of rotatable bonds is 0. The van der Waals surface area contributed by atoms with E-state index in [1.807, 2.05) is 0 Å². The third-order valence-electron chi connectivity index (χ3n) is 2.87. The van der Waals surface area contributed by atoms with E-state index in [4.69, 9.17) is 0 Å². The van der Waals surface area contributed by atoms with Crippen molar-refractivity contribution in [2.45, 2.75) is 0 Å². The molecule has 5 heteroatoms. The van der Waals surface area contributed by atoms with Crippen molar-refractivity contribution in [3.05, 3.63) is 35.0 Å². The molecule has 0 atom stereocenters. The van der Waals surface area contributed by atoms with Crippen LogP contribution in [0, 0.1) is 0 Å². The van der Waals surface area contributed by atoms with Crippen molar-refractivity contribution in [3.8, 4) is 11.5 Å². The van der Waals surface area contributed by atoms with Gasteiger partial charge in [-0.25, -0.2) is 0 Å². The monoisotopic (exact) mass is 230 g/mol. The zero-order valence-corrected chi connectivity index (χ0v) is 8.90. The predicted octanol–water partition coefficient (Wildman–Crippen LogP) is 0.570. The van der Waals surface area contributed by atoms with Gasteiger partial charge in [0.25, 0.3) is 0 Å². The smallest absolute Gasteiger partial charge is 0.192 e. The zero-order chi connectivity index (χ0) is 12.0. The largest absolute Gasteiger partial charge is 0.507 e. The number of phenols is 2. The number of benzene rings is 1. The molecule has 1 aliphatic heterocycles. The number of nitrogens with zero attached hydrogens (tertiary/aromatic N) is 1. The molecule has 17 heavy (non-hydrogen) atoms. The van der Waals surface area contributed by atoms with E-state index >= 15 is 0 Å². The third-order valence-corrected chi connectivity index (χ3v) is 2.87. The van der Waals surface area contributed by atoms with E-state index in [2.05, 4.69) is 10.3 Å². The molecule has 1 heterocycles. The van der Waals surface area contributed by atoms with Gasteiger partial charge in [-0.3, -0.25) is 9.79 Å². The molecule has 0 amide bonds. The van der Waals surface area contributed by atoms with E-state index in [1.54, 1.807) is 0 Å². The van der Waals surface area contributed by atoms with Crippen molar-refractivity contribution < 1.29 is 15.0 Å². The summed E-state index contributed by atoms with van der Waals surface area (Å²) in [6.45, 7) is 1.24. The molecule has 1 aromatic rings. The summed E-state index contributed by atoms with van der Waals surface area (Å²) in [5, 5.41) is 22.6. The van der Waals surface area contributed by atoms with Crippen LogP contribution in [-0.4, -0.2) is 34.8 Å². The summed E-state index contributed by atoms with van der Waals surface area (Å²) >= 11 is 0. The summed E-state index contributed by atoms with van der Waals surface area (Å²) in [5.74, 6) is -0.498. The number of carbonyl (C=O) groups is 1. The summed E-state index contributed by atoms with van der Waals surface area (Å²) in [4.78, 5) is 16.2. The van der Waals surface area contributed by atoms with Gasteiger partial charge in [-0.1, -0.05) is 0 Å². The number of ketones is 1. The Morgan fingerprint density at radius 2 is 1.88 bits per heavy atom. The van der Waals surface area contributed by atoms with Crippen molar-refractivity contribution in [1.29, 1.82) is 0 Å². The van der Waals surface area contributed by atoms with Crippen LogP contribution >= 0.6 is 0 Å². The Hall–Kier alpha value is -2.30. The van der Waals surface area contributed by atoms with Gasteiger partial charge in [0, 0.05) is 12.6 Å². The molecule has 86 valence electrons. The number of hydrogen-bond donors (Lipinski definition) is 3. The molecular formula is C12H10N2O3. The first-order chi connectivity index (χ1) is 8.18. The number of aliphatic imine (C=N–C) groups is 1. The molecule has 0 saturated heterocycles. The lowest BCUT2D eigenvalue weighted by Crippen LogP contribution is -2.33. The molecule has 2 aliphatic rings. The molecular weight excluding hydrogens is 220 g/mol. The maximum atomic E-state index is 11.9. The van der Waals surface area contributed by atoms with Crippen LogP contribution in [0.4, 0.5) is 0 Å². The minimum absolute atomic E-state index is 0.0424. The van der Waals surface area contributed by atoms with Gasteiger partial charge >= 0.3 is 0 Å². The van der Waals surface area contributed by atoms with Crippen LogP contribution in [0.1, 0.15) is 15.9 Å². The number of carbonyl (C=O) groups excluding carboxylic acids is 1. The van der Waals surface area contributed by atoms with E-state index in [-0.39, 0.29) is 22.8 Å². The fourth-order valence-electron chi connectivity index (χ4n) is 2.13. The van der Waals surface area contributed by atoms with Gasteiger partial charge in [-0.15, -0.1) is 0 Å². The number of aromatic hydroxyl groups is 2. The van der Waals surface area contributed by atoms with E-state index in [0.29, 0.717) is 30.1 Å². The topological polar surface area (TPSA) is 81.9 Å². The molecule has 0 bridgehead atoms. The second-order valence-electron chi connectivity index (χ2n) is 3.93. The summed E-state index contributed by atoms with van der Waals surface area (Å²) in [6, 6.07) is 2.67. The van der Waals surface area contributed by atoms with Crippen molar-refractivity contribution in [2.75, 3.05) is 13.1 Å². The van der Waals surface area contributed by atoms with Crippen LogP contribution in [0.2, 0.25) is 0 Å². The van der Waals surface area contributed by atoms with Crippen molar-refractivity contribution in [3.63, 3.8) is 0 Å². The number of hydrogen-bond acceptors (Lipinski definition) is 5. The number of allylic oxidation sites excluding steroid dienone is 2. The van der Waals surface area contributed by atoms with Gasteiger partial charge in [0.1, 0.15) is 11.5 Å². The van der Waals surface area contributed by atoms with Crippen molar-refractivity contribution in [1.82, 2.24) is 5.32 Å². The second kappa shape index (κ2) is 3.35. The SMILES string of the molecule is O=C1C=C2NCCN=C2c2c(O)ccc(O)c21. The first-order valence-corrected chi connectivity index (χ1v) is 5.28. The molecule has 0 radical (unpaired) electrons. The van der Waals surface area contributed by atoms with Gasteiger partial charge in [0.2, 0.25) is 0 Å². The van der Waals surface area contributed by atoms with Crippen LogP contribution < -0.4 is 5.32 Å². The molecule has 0 spiro atoms. The predicted molar refractivity (Wildman–Crippen MR) is 61.6 cm³/mol. The quantitative estimate of drug-likeness (QED) is 0.569. The van der Waals surface area contributed by atoms with Crippen LogP contribution in [0.25, 0.3) is 0 Å². The lowest BCUT2D eigenvalue weighted by molar-refractivity contribution is 0.104.